The average molecular weight is 439 g/mol. The quantitative estimate of drug-likeness (QED) is 0.548. The van der Waals surface area contributed by atoms with Gasteiger partial charge in [0.2, 0.25) is 11.8 Å². The second-order valence-electron chi connectivity index (χ2n) is 8.31. The second kappa shape index (κ2) is 11.9. The first-order chi connectivity index (χ1) is 15.2. The third-order valence-electron chi connectivity index (χ3n) is 5.17. The molecular formula is C25H34N4O3. The normalized spacial score (nSPS) is 11.6. The van der Waals surface area contributed by atoms with Gasteiger partial charge in [0, 0.05) is 25.0 Å². The fourth-order valence-corrected chi connectivity index (χ4v) is 3.36. The van der Waals surface area contributed by atoms with Crippen LogP contribution in [0.25, 0.3) is 0 Å². The van der Waals surface area contributed by atoms with E-state index in [1.165, 1.54) is 4.90 Å². The van der Waals surface area contributed by atoms with Gasteiger partial charge in [0.25, 0.3) is 0 Å². The lowest BCUT2D eigenvalue weighted by Gasteiger charge is -2.28. The van der Waals surface area contributed by atoms with Crippen molar-refractivity contribution in [1.29, 1.82) is 0 Å². The summed E-state index contributed by atoms with van der Waals surface area (Å²) in [5.41, 5.74) is 3.16. The van der Waals surface area contributed by atoms with Crippen LogP contribution in [0.1, 0.15) is 38.3 Å². The van der Waals surface area contributed by atoms with Crippen LogP contribution in [0.15, 0.2) is 48.5 Å². The Hall–Kier alpha value is -3.35. The number of rotatable bonds is 9. The maximum absolute atomic E-state index is 12.8. The Morgan fingerprint density at radius 2 is 1.62 bits per heavy atom. The van der Waals surface area contributed by atoms with Gasteiger partial charge < -0.3 is 20.9 Å². The average Bonchev–Trinajstić information content (AvgIpc) is 2.74. The van der Waals surface area contributed by atoms with Crippen molar-refractivity contribution in [2.24, 2.45) is 5.92 Å². The Morgan fingerprint density at radius 1 is 0.969 bits per heavy atom. The summed E-state index contributed by atoms with van der Waals surface area (Å²) in [5, 5.41) is 8.43. The molecule has 0 spiro atoms. The van der Waals surface area contributed by atoms with E-state index in [2.05, 4.69) is 16.0 Å². The molecule has 0 radical (unpaired) electrons. The van der Waals surface area contributed by atoms with E-state index >= 15 is 0 Å². The Morgan fingerprint density at radius 3 is 2.22 bits per heavy atom. The maximum atomic E-state index is 12.8. The van der Waals surface area contributed by atoms with Gasteiger partial charge in [-0.2, -0.15) is 0 Å². The predicted octanol–water partition coefficient (Wildman–Crippen LogP) is 4.19. The van der Waals surface area contributed by atoms with E-state index in [4.69, 9.17) is 0 Å². The van der Waals surface area contributed by atoms with Crippen LogP contribution in [0.3, 0.4) is 0 Å². The van der Waals surface area contributed by atoms with E-state index in [-0.39, 0.29) is 30.2 Å². The highest BCUT2D eigenvalue weighted by atomic mass is 16.2. The number of carbonyl (C=O) groups is 3. The van der Waals surface area contributed by atoms with E-state index < -0.39 is 6.04 Å². The minimum absolute atomic E-state index is 0.125. The van der Waals surface area contributed by atoms with Gasteiger partial charge in [0.05, 0.1) is 6.42 Å². The molecule has 2 rings (SSSR count). The number of anilines is 2. The number of benzene rings is 2. The molecule has 0 unspecified atom stereocenters. The van der Waals surface area contributed by atoms with Gasteiger partial charge >= 0.3 is 6.03 Å². The summed E-state index contributed by atoms with van der Waals surface area (Å²) in [7, 11) is 1.68. The molecular weight excluding hydrogens is 404 g/mol. The van der Waals surface area contributed by atoms with Crippen LogP contribution in [0.2, 0.25) is 0 Å². The van der Waals surface area contributed by atoms with Crippen molar-refractivity contribution in [1.82, 2.24) is 10.2 Å². The van der Waals surface area contributed by atoms with E-state index in [1.807, 2.05) is 52.0 Å². The molecule has 2 aromatic carbocycles. The van der Waals surface area contributed by atoms with E-state index in [0.717, 1.165) is 16.8 Å². The maximum Gasteiger partial charge on any atom is 0.323 e. The molecule has 0 saturated heterocycles. The van der Waals surface area contributed by atoms with Crippen LogP contribution in [-0.2, 0) is 16.0 Å². The molecule has 0 bridgehead atoms. The number of nitrogens with zero attached hydrogens (tertiary/aromatic N) is 1. The highest BCUT2D eigenvalue weighted by Gasteiger charge is 2.27. The van der Waals surface area contributed by atoms with Crippen molar-refractivity contribution in [3.63, 3.8) is 0 Å². The molecule has 172 valence electrons. The van der Waals surface area contributed by atoms with E-state index in [9.17, 15) is 14.4 Å². The summed E-state index contributed by atoms with van der Waals surface area (Å²) in [6.07, 6.45) is 0.785. The fraction of sp³-hybridized carbons (Fsp3) is 0.400. The molecule has 0 aliphatic rings. The van der Waals surface area contributed by atoms with Gasteiger partial charge in [-0.25, -0.2) is 4.79 Å². The Kier molecular flexibility index (Phi) is 9.25. The number of aryl methyl sites for hydroxylation is 1. The molecule has 7 heteroatoms. The largest absolute Gasteiger partial charge is 0.355 e. The van der Waals surface area contributed by atoms with E-state index in [0.29, 0.717) is 18.7 Å². The molecule has 2 aromatic rings. The minimum atomic E-state index is -0.492. The highest BCUT2D eigenvalue weighted by Crippen LogP contribution is 2.16. The molecule has 1 atom stereocenters. The number of para-hydroxylation sites is 1. The number of carbonyl (C=O) groups excluding carboxylic acids is 3. The van der Waals surface area contributed by atoms with Crippen LogP contribution in [-0.4, -0.2) is 42.4 Å². The molecule has 0 fully saturated rings. The molecule has 0 saturated carbocycles. The number of hydrogen-bond donors (Lipinski definition) is 3. The van der Waals surface area contributed by atoms with Gasteiger partial charge in [0.15, 0.2) is 0 Å². The fourth-order valence-electron chi connectivity index (χ4n) is 3.36. The number of hydrogen-bond acceptors (Lipinski definition) is 3. The third-order valence-corrected chi connectivity index (χ3v) is 5.17. The molecule has 32 heavy (non-hydrogen) atoms. The van der Waals surface area contributed by atoms with Crippen molar-refractivity contribution in [2.75, 3.05) is 24.2 Å². The molecule has 7 nitrogen and oxygen atoms in total. The van der Waals surface area contributed by atoms with Crippen LogP contribution >= 0.6 is 0 Å². The molecule has 0 aliphatic heterocycles. The van der Waals surface area contributed by atoms with Crippen LogP contribution in [0.4, 0.5) is 16.2 Å². The summed E-state index contributed by atoms with van der Waals surface area (Å²) in [4.78, 5) is 39.0. The standard InChI is InChI=1S/C25H34N4O3/c1-6-26-24(31)22(15-17(2)3)29(5)23(30)16-19-11-13-20(14-12-19)27-25(32)28-21-10-8-7-9-18(21)4/h7-14,17,22H,6,15-16H2,1-5H3,(H,26,31)(H2,27,28,32)/t22-/m0/s1. The van der Waals surface area contributed by atoms with Crippen LogP contribution in [0.5, 0.6) is 0 Å². The first-order valence-corrected chi connectivity index (χ1v) is 11.0. The first-order valence-electron chi connectivity index (χ1n) is 11.0. The van der Waals surface area contributed by atoms with Crippen molar-refractivity contribution in [3.8, 4) is 0 Å². The first kappa shape index (κ1) is 24.9. The lowest BCUT2D eigenvalue weighted by atomic mass is 10.0. The Balaban J connectivity index is 1.97. The second-order valence-corrected chi connectivity index (χ2v) is 8.31. The van der Waals surface area contributed by atoms with Gasteiger partial charge in [-0.1, -0.05) is 44.2 Å². The predicted molar refractivity (Wildman–Crippen MR) is 129 cm³/mol. The smallest absolute Gasteiger partial charge is 0.323 e. The number of nitrogens with one attached hydrogen (secondary N) is 3. The van der Waals surface area contributed by atoms with E-state index in [1.54, 1.807) is 31.3 Å². The lowest BCUT2D eigenvalue weighted by Crippen LogP contribution is -2.48. The summed E-state index contributed by atoms with van der Waals surface area (Å²) in [5.74, 6) is 0.0326. The SMILES string of the molecule is CCNC(=O)[C@H](CC(C)C)N(C)C(=O)Cc1ccc(NC(=O)Nc2ccccc2C)cc1. The molecule has 0 heterocycles. The molecule has 4 amide bonds. The number of urea groups is 1. The summed E-state index contributed by atoms with van der Waals surface area (Å²) < 4.78 is 0. The van der Waals surface area contributed by atoms with Gasteiger partial charge in [-0.05, 0) is 55.5 Å². The van der Waals surface area contributed by atoms with Gasteiger partial charge in [-0.15, -0.1) is 0 Å². The zero-order valence-electron chi connectivity index (χ0n) is 19.6. The van der Waals surface area contributed by atoms with Crippen molar-refractivity contribution in [3.05, 3.63) is 59.7 Å². The summed E-state index contributed by atoms with van der Waals surface area (Å²) in [6.45, 7) is 8.39. The number of amides is 4. The molecule has 3 N–H and O–H groups in total. The third kappa shape index (κ3) is 7.41. The van der Waals surface area contributed by atoms with Crippen molar-refractivity contribution in [2.45, 2.75) is 46.6 Å². The minimum Gasteiger partial charge on any atom is -0.355 e. The topological polar surface area (TPSA) is 90.5 Å². The Labute approximate surface area is 190 Å². The molecule has 0 aromatic heterocycles. The van der Waals surface area contributed by atoms with Crippen molar-refractivity contribution >= 4 is 29.2 Å². The Bertz CT molecular complexity index is 925. The summed E-state index contributed by atoms with van der Waals surface area (Å²) >= 11 is 0. The number of likely N-dealkylation sites (N-methyl/N-ethyl adjacent to an activating group) is 2. The van der Waals surface area contributed by atoms with Crippen LogP contribution < -0.4 is 16.0 Å². The van der Waals surface area contributed by atoms with Gasteiger partial charge in [-0.3, -0.25) is 9.59 Å². The highest BCUT2D eigenvalue weighted by molar-refractivity contribution is 6.00. The lowest BCUT2D eigenvalue weighted by molar-refractivity contribution is -0.139. The zero-order chi connectivity index (χ0) is 23.7. The monoisotopic (exact) mass is 438 g/mol. The molecule has 0 aliphatic carbocycles. The summed E-state index contributed by atoms with van der Waals surface area (Å²) in [6, 6.07) is 13.8. The van der Waals surface area contributed by atoms with Crippen LogP contribution in [0, 0.1) is 12.8 Å². The zero-order valence-corrected chi connectivity index (χ0v) is 19.6. The van der Waals surface area contributed by atoms with Crippen molar-refractivity contribution < 1.29 is 14.4 Å². The van der Waals surface area contributed by atoms with Gasteiger partial charge in [0.1, 0.15) is 6.04 Å².